The Morgan fingerprint density at radius 1 is 1.20 bits per heavy atom. The van der Waals surface area contributed by atoms with E-state index >= 15 is 0 Å². The topological polar surface area (TPSA) is 67.2 Å². The molecule has 0 spiro atoms. The van der Waals surface area contributed by atoms with Gasteiger partial charge in [-0.2, -0.15) is 0 Å². The zero-order valence-corrected chi connectivity index (χ0v) is 18.6. The van der Waals surface area contributed by atoms with Crippen LogP contribution in [0.15, 0.2) is 35.1 Å². The van der Waals surface area contributed by atoms with Crippen molar-refractivity contribution >= 4 is 27.5 Å². The summed E-state index contributed by atoms with van der Waals surface area (Å²) in [7, 11) is 0. The van der Waals surface area contributed by atoms with E-state index in [0.717, 1.165) is 33.9 Å². The molecule has 158 valence electrons. The second-order valence-electron chi connectivity index (χ2n) is 8.07. The summed E-state index contributed by atoms with van der Waals surface area (Å²) < 4.78 is 1.58. The average molecular weight is 425 g/mol. The van der Waals surface area contributed by atoms with E-state index in [1.807, 2.05) is 51.1 Å². The molecule has 1 fully saturated rings. The molecule has 0 radical (unpaired) electrons. The Morgan fingerprint density at radius 2 is 1.90 bits per heavy atom. The summed E-state index contributed by atoms with van der Waals surface area (Å²) in [5, 5.41) is 3.67. The first-order chi connectivity index (χ1) is 14.4. The summed E-state index contributed by atoms with van der Waals surface area (Å²) >= 11 is 1.56. The number of rotatable bonds is 6. The molecule has 1 amide bonds. The number of hydrogen-bond acceptors (Lipinski definition) is 5. The molecule has 0 aliphatic carbocycles. The van der Waals surface area contributed by atoms with Gasteiger partial charge in [0.25, 0.3) is 5.56 Å². The average Bonchev–Trinajstić information content (AvgIpc) is 3.33. The van der Waals surface area contributed by atoms with Crippen molar-refractivity contribution in [2.45, 2.75) is 52.7 Å². The van der Waals surface area contributed by atoms with Crippen LogP contribution >= 0.6 is 11.3 Å². The number of thiophene rings is 1. The number of aromatic nitrogens is 2. The summed E-state index contributed by atoms with van der Waals surface area (Å²) in [5.74, 6) is 0.500. The van der Waals surface area contributed by atoms with E-state index in [2.05, 4.69) is 10.2 Å². The summed E-state index contributed by atoms with van der Waals surface area (Å²) in [4.78, 5) is 35.2. The van der Waals surface area contributed by atoms with Crippen LogP contribution in [0, 0.1) is 13.8 Å². The molecule has 2 aromatic heterocycles. The van der Waals surface area contributed by atoms with E-state index in [-0.39, 0.29) is 24.1 Å². The summed E-state index contributed by atoms with van der Waals surface area (Å²) in [6, 6.07) is 9.71. The van der Waals surface area contributed by atoms with Crippen molar-refractivity contribution in [1.29, 1.82) is 0 Å². The largest absolute Gasteiger partial charge is 0.348 e. The number of nitrogens with one attached hydrogen (secondary N) is 1. The number of nitrogens with zero attached hydrogens (tertiary/aromatic N) is 3. The Bertz CT molecular complexity index is 1110. The third kappa shape index (κ3) is 4.18. The second-order valence-corrected chi connectivity index (χ2v) is 9.27. The van der Waals surface area contributed by atoms with Gasteiger partial charge in [0.1, 0.15) is 17.2 Å². The fourth-order valence-electron chi connectivity index (χ4n) is 4.05. The van der Waals surface area contributed by atoms with Gasteiger partial charge in [0.2, 0.25) is 5.91 Å². The standard InChI is InChI=1S/C23H28N4O2S/c1-15-17(3)30-22-21(15)23(29)27(19(25-22)13-26-11-7-8-12-26)14-20(28)24-16(2)18-9-5-4-6-10-18/h4-6,9-10,16H,7-8,11-14H2,1-3H3,(H,24,28). The predicted molar refractivity (Wildman–Crippen MR) is 121 cm³/mol. The van der Waals surface area contributed by atoms with Gasteiger partial charge in [-0.1, -0.05) is 30.3 Å². The van der Waals surface area contributed by atoms with Crippen molar-refractivity contribution in [2.24, 2.45) is 0 Å². The maximum atomic E-state index is 13.4. The number of likely N-dealkylation sites (tertiary alicyclic amines) is 1. The first-order valence-corrected chi connectivity index (χ1v) is 11.3. The quantitative estimate of drug-likeness (QED) is 0.657. The molecular formula is C23H28N4O2S. The van der Waals surface area contributed by atoms with Crippen LogP contribution in [0.3, 0.4) is 0 Å². The van der Waals surface area contributed by atoms with E-state index in [4.69, 9.17) is 4.98 Å². The lowest BCUT2D eigenvalue weighted by atomic mass is 10.1. The van der Waals surface area contributed by atoms with Gasteiger partial charge in [-0.15, -0.1) is 11.3 Å². The molecule has 1 atom stereocenters. The molecule has 1 N–H and O–H groups in total. The zero-order chi connectivity index (χ0) is 21.3. The van der Waals surface area contributed by atoms with Crippen LogP contribution in [-0.2, 0) is 17.9 Å². The van der Waals surface area contributed by atoms with Crippen molar-refractivity contribution in [3.63, 3.8) is 0 Å². The van der Waals surface area contributed by atoms with Gasteiger partial charge >= 0.3 is 0 Å². The highest BCUT2D eigenvalue weighted by molar-refractivity contribution is 7.18. The molecule has 1 aromatic carbocycles. The summed E-state index contributed by atoms with van der Waals surface area (Å²) in [6.45, 7) is 8.52. The zero-order valence-electron chi connectivity index (χ0n) is 17.8. The molecule has 0 bridgehead atoms. The van der Waals surface area contributed by atoms with E-state index in [1.54, 1.807) is 15.9 Å². The van der Waals surface area contributed by atoms with Crippen LogP contribution in [0.2, 0.25) is 0 Å². The summed E-state index contributed by atoms with van der Waals surface area (Å²) in [6.07, 6.45) is 2.33. The second kappa shape index (κ2) is 8.70. The van der Waals surface area contributed by atoms with Gasteiger partial charge in [0.05, 0.1) is 18.0 Å². The lowest BCUT2D eigenvalue weighted by Gasteiger charge is -2.19. The lowest BCUT2D eigenvalue weighted by Crippen LogP contribution is -2.37. The number of amides is 1. The fourth-order valence-corrected chi connectivity index (χ4v) is 5.09. The Morgan fingerprint density at radius 3 is 2.60 bits per heavy atom. The van der Waals surface area contributed by atoms with Crippen molar-refractivity contribution in [2.75, 3.05) is 13.1 Å². The summed E-state index contributed by atoms with van der Waals surface area (Å²) in [5.41, 5.74) is 1.89. The minimum absolute atomic E-state index is 0.0174. The van der Waals surface area contributed by atoms with Crippen LogP contribution in [0.5, 0.6) is 0 Å². The van der Waals surface area contributed by atoms with E-state index in [9.17, 15) is 9.59 Å². The first-order valence-electron chi connectivity index (χ1n) is 10.5. The smallest absolute Gasteiger partial charge is 0.263 e. The van der Waals surface area contributed by atoms with Gasteiger partial charge in [0, 0.05) is 4.88 Å². The van der Waals surface area contributed by atoms with Gasteiger partial charge in [-0.05, 0) is 57.8 Å². The molecule has 1 aliphatic heterocycles. The Kier molecular flexibility index (Phi) is 6.01. The number of carbonyl (C=O) groups excluding carboxylic acids is 1. The third-order valence-electron chi connectivity index (χ3n) is 5.91. The fraction of sp³-hybridized carbons (Fsp3) is 0.435. The van der Waals surface area contributed by atoms with Crippen LogP contribution in [-0.4, -0.2) is 33.4 Å². The minimum Gasteiger partial charge on any atom is -0.348 e. The van der Waals surface area contributed by atoms with Gasteiger partial charge in [-0.3, -0.25) is 19.1 Å². The van der Waals surface area contributed by atoms with Crippen LogP contribution in [0.4, 0.5) is 0 Å². The van der Waals surface area contributed by atoms with Gasteiger partial charge in [-0.25, -0.2) is 4.98 Å². The molecule has 3 aromatic rings. The van der Waals surface area contributed by atoms with Crippen LogP contribution in [0.1, 0.15) is 47.6 Å². The van der Waals surface area contributed by atoms with Crippen molar-refractivity contribution in [3.8, 4) is 0 Å². The maximum Gasteiger partial charge on any atom is 0.263 e. The van der Waals surface area contributed by atoms with E-state index in [0.29, 0.717) is 17.8 Å². The lowest BCUT2D eigenvalue weighted by molar-refractivity contribution is -0.122. The molecule has 0 saturated carbocycles. The highest BCUT2D eigenvalue weighted by Crippen LogP contribution is 2.26. The minimum atomic E-state index is -0.179. The molecule has 30 heavy (non-hydrogen) atoms. The highest BCUT2D eigenvalue weighted by Gasteiger charge is 2.21. The Hall–Kier alpha value is -2.51. The Balaban J connectivity index is 1.65. The normalized spacial score (nSPS) is 15.6. The van der Waals surface area contributed by atoms with Gasteiger partial charge in [0.15, 0.2) is 0 Å². The van der Waals surface area contributed by atoms with E-state index < -0.39 is 0 Å². The van der Waals surface area contributed by atoms with Crippen molar-refractivity contribution < 1.29 is 4.79 Å². The number of benzene rings is 1. The van der Waals surface area contributed by atoms with Crippen LogP contribution in [0.25, 0.3) is 10.2 Å². The molecule has 1 saturated heterocycles. The van der Waals surface area contributed by atoms with Crippen LogP contribution < -0.4 is 10.9 Å². The molecule has 4 rings (SSSR count). The maximum absolute atomic E-state index is 13.4. The monoisotopic (exact) mass is 424 g/mol. The van der Waals surface area contributed by atoms with Gasteiger partial charge < -0.3 is 5.32 Å². The molecule has 6 nitrogen and oxygen atoms in total. The van der Waals surface area contributed by atoms with Crippen molar-refractivity contribution in [1.82, 2.24) is 19.8 Å². The number of carbonyl (C=O) groups is 1. The SMILES string of the molecule is Cc1sc2nc(CN3CCCC3)n(CC(=O)NC(C)c3ccccc3)c(=O)c2c1C. The number of aryl methyl sites for hydroxylation is 2. The molecule has 3 heterocycles. The predicted octanol–water partition coefficient (Wildman–Crippen LogP) is 3.55. The number of fused-ring (bicyclic) bond motifs is 1. The molecule has 1 aliphatic rings. The number of hydrogen-bond donors (Lipinski definition) is 1. The highest BCUT2D eigenvalue weighted by atomic mass is 32.1. The molecule has 1 unspecified atom stereocenters. The van der Waals surface area contributed by atoms with Crippen molar-refractivity contribution in [3.05, 3.63) is 62.5 Å². The Labute approximate surface area is 180 Å². The third-order valence-corrected chi connectivity index (χ3v) is 7.01. The first kappa shape index (κ1) is 20.8. The molecule has 7 heteroatoms. The van der Waals surface area contributed by atoms with E-state index in [1.165, 1.54) is 12.8 Å². The molecular weight excluding hydrogens is 396 g/mol.